The van der Waals surface area contributed by atoms with E-state index in [1.165, 1.54) is 26.0 Å². The van der Waals surface area contributed by atoms with Crippen LogP contribution < -0.4 is 16.6 Å². The van der Waals surface area contributed by atoms with Crippen LogP contribution in [0.25, 0.3) is 15.9 Å². The number of aryl methyl sites for hydroxylation is 3. The molecule has 1 amide bonds. The van der Waals surface area contributed by atoms with Crippen LogP contribution in [0.15, 0.2) is 69.6 Å². The van der Waals surface area contributed by atoms with Gasteiger partial charge >= 0.3 is 5.69 Å². The molecule has 0 aliphatic rings. The summed E-state index contributed by atoms with van der Waals surface area (Å²) in [7, 11) is 0. The van der Waals surface area contributed by atoms with E-state index in [9.17, 15) is 14.4 Å². The van der Waals surface area contributed by atoms with Gasteiger partial charge in [0.1, 0.15) is 11.2 Å². The lowest BCUT2D eigenvalue weighted by atomic mass is 10.1. The fourth-order valence-electron chi connectivity index (χ4n) is 3.91. The van der Waals surface area contributed by atoms with Gasteiger partial charge in [0, 0.05) is 6.54 Å². The van der Waals surface area contributed by atoms with Crippen molar-refractivity contribution in [2.24, 2.45) is 0 Å². The number of hydrogen-bond donors (Lipinski definition) is 1. The Morgan fingerprint density at radius 2 is 1.72 bits per heavy atom. The first-order valence-electron chi connectivity index (χ1n) is 10.6. The SMILES string of the molecule is Cc1cc(C)cc(-n2c(=O)c3sccc3n(CC(=O)NCCCc3ccccc3)c2=O)c1. The van der Waals surface area contributed by atoms with Crippen LogP contribution in [0.3, 0.4) is 0 Å². The van der Waals surface area contributed by atoms with Crippen LogP contribution in [0.1, 0.15) is 23.1 Å². The second-order valence-corrected chi connectivity index (χ2v) is 8.85. The fourth-order valence-corrected chi connectivity index (χ4v) is 4.74. The van der Waals surface area contributed by atoms with Crippen LogP contribution >= 0.6 is 11.3 Å². The van der Waals surface area contributed by atoms with E-state index in [2.05, 4.69) is 17.4 Å². The van der Waals surface area contributed by atoms with E-state index in [0.29, 0.717) is 22.4 Å². The number of hydrogen-bond acceptors (Lipinski definition) is 4. The van der Waals surface area contributed by atoms with Crippen molar-refractivity contribution in [1.29, 1.82) is 0 Å². The molecule has 0 aliphatic heterocycles. The Kier molecular flexibility index (Phi) is 6.37. The number of rotatable bonds is 7. The first kappa shape index (κ1) is 21.8. The van der Waals surface area contributed by atoms with E-state index in [-0.39, 0.29) is 18.0 Å². The largest absolute Gasteiger partial charge is 0.355 e. The first-order valence-corrected chi connectivity index (χ1v) is 11.4. The molecular weight excluding hydrogens is 422 g/mol. The number of amides is 1. The van der Waals surface area contributed by atoms with Crippen molar-refractivity contribution in [3.63, 3.8) is 0 Å². The molecule has 2 aromatic heterocycles. The number of nitrogens with zero attached hydrogens (tertiary/aromatic N) is 2. The topological polar surface area (TPSA) is 73.1 Å². The number of fused-ring (bicyclic) bond motifs is 1. The Bertz CT molecular complexity index is 1360. The van der Waals surface area contributed by atoms with Gasteiger partial charge in [-0.2, -0.15) is 0 Å². The number of aromatic nitrogens is 2. The van der Waals surface area contributed by atoms with Crippen molar-refractivity contribution in [1.82, 2.24) is 14.5 Å². The molecule has 2 heterocycles. The van der Waals surface area contributed by atoms with E-state index in [0.717, 1.165) is 24.0 Å². The Morgan fingerprint density at radius 3 is 2.44 bits per heavy atom. The molecule has 1 N–H and O–H groups in total. The molecular formula is C25H25N3O3S. The zero-order chi connectivity index (χ0) is 22.7. The molecule has 0 unspecified atom stereocenters. The minimum absolute atomic E-state index is 0.136. The van der Waals surface area contributed by atoms with Gasteiger partial charge < -0.3 is 5.32 Å². The van der Waals surface area contributed by atoms with Crippen molar-refractivity contribution in [3.8, 4) is 5.69 Å². The summed E-state index contributed by atoms with van der Waals surface area (Å²) in [6, 6.07) is 17.4. The molecule has 0 bridgehead atoms. The quantitative estimate of drug-likeness (QED) is 0.440. The lowest BCUT2D eigenvalue weighted by Gasteiger charge is -2.13. The molecule has 4 aromatic rings. The third-order valence-corrected chi connectivity index (χ3v) is 6.22. The van der Waals surface area contributed by atoms with Gasteiger partial charge in [-0.3, -0.25) is 14.2 Å². The monoisotopic (exact) mass is 447 g/mol. The predicted octanol–water partition coefficient (Wildman–Crippen LogP) is 3.58. The highest BCUT2D eigenvalue weighted by molar-refractivity contribution is 7.17. The zero-order valence-corrected chi connectivity index (χ0v) is 18.9. The molecule has 7 heteroatoms. The van der Waals surface area contributed by atoms with Gasteiger partial charge in [-0.1, -0.05) is 36.4 Å². The van der Waals surface area contributed by atoms with E-state index in [4.69, 9.17) is 0 Å². The maximum absolute atomic E-state index is 13.3. The van der Waals surface area contributed by atoms with Gasteiger partial charge in [0.05, 0.1) is 11.2 Å². The van der Waals surface area contributed by atoms with Crippen LogP contribution in [-0.2, 0) is 17.8 Å². The summed E-state index contributed by atoms with van der Waals surface area (Å²) in [5.74, 6) is -0.252. The second-order valence-electron chi connectivity index (χ2n) is 7.93. The van der Waals surface area contributed by atoms with Crippen LogP contribution in [-0.4, -0.2) is 21.6 Å². The van der Waals surface area contributed by atoms with Crippen molar-refractivity contribution < 1.29 is 4.79 Å². The third kappa shape index (κ3) is 4.57. The van der Waals surface area contributed by atoms with Crippen molar-refractivity contribution in [2.75, 3.05) is 6.54 Å². The Hall–Kier alpha value is -3.45. The van der Waals surface area contributed by atoms with Crippen LogP contribution in [0.5, 0.6) is 0 Å². The highest BCUT2D eigenvalue weighted by Crippen LogP contribution is 2.17. The minimum Gasteiger partial charge on any atom is -0.355 e. The second kappa shape index (κ2) is 9.36. The fraction of sp³-hybridized carbons (Fsp3) is 0.240. The molecule has 0 saturated carbocycles. The molecule has 0 saturated heterocycles. The molecule has 164 valence electrons. The van der Waals surface area contributed by atoms with Gasteiger partial charge in [-0.15, -0.1) is 11.3 Å². The molecule has 2 aromatic carbocycles. The number of benzene rings is 2. The summed E-state index contributed by atoms with van der Waals surface area (Å²) < 4.78 is 3.01. The van der Waals surface area contributed by atoms with Gasteiger partial charge in [0.2, 0.25) is 5.91 Å². The van der Waals surface area contributed by atoms with Gasteiger partial charge in [-0.05, 0) is 67.0 Å². The van der Waals surface area contributed by atoms with Crippen molar-refractivity contribution >= 4 is 27.5 Å². The highest BCUT2D eigenvalue weighted by atomic mass is 32.1. The molecule has 0 fully saturated rings. The normalized spacial score (nSPS) is 11.1. The van der Waals surface area contributed by atoms with Crippen molar-refractivity contribution in [2.45, 2.75) is 33.2 Å². The van der Waals surface area contributed by atoms with Gasteiger partial charge in [-0.25, -0.2) is 9.36 Å². The van der Waals surface area contributed by atoms with E-state index in [1.54, 1.807) is 11.4 Å². The number of nitrogens with one attached hydrogen (secondary N) is 1. The molecule has 0 atom stereocenters. The Labute approximate surface area is 189 Å². The zero-order valence-electron chi connectivity index (χ0n) is 18.1. The maximum Gasteiger partial charge on any atom is 0.336 e. The molecule has 6 nitrogen and oxygen atoms in total. The summed E-state index contributed by atoms with van der Waals surface area (Å²) >= 11 is 1.28. The van der Waals surface area contributed by atoms with Crippen LogP contribution in [0, 0.1) is 13.8 Å². The lowest BCUT2D eigenvalue weighted by molar-refractivity contribution is -0.121. The molecule has 32 heavy (non-hydrogen) atoms. The number of thiophene rings is 1. The summed E-state index contributed by atoms with van der Waals surface area (Å²) in [5.41, 5.74) is 3.28. The standard InChI is InChI=1S/C25H25N3O3S/c1-17-13-18(2)15-20(14-17)28-24(30)23-21(10-12-32-23)27(25(28)31)16-22(29)26-11-6-9-19-7-4-3-5-8-19/h3-5,7-8,10,12-15H,6,9,11,16H2,1-2H3,(H,26,29). The molecule has 0 aliphatic carbocycles. The van der Waals surface area contributed by atoms with Gasteiger partial charge in [0.15, 0.2) is 0 Å². The van der Waals surface area contributed by atoms with Crippen molar-refractivity contribution in [3.05, 3.63) is 97.5 Å². The lowest BCUT2D eigenvalue weighted by Crippen LogP contribution is -2.41. The predicted molar refractivity (Wildman–Crippen MR) is 129 cm³/mol. The van der Waals surface area contributed by atoms with E-state index < -0.39 is 5.69 Å². The van der Waals surface area contributed by atoms with Crippen LogP contribution in [0.4, 0.5) is 0 Å². The summed E-state index contributed by atoms with van der Waals surface area (Å²) in [5, 5.41) is 4.66. The Balaban J connectivity index is 1.58. The summed E-state index contributed by atoms with van der Waals surface area (Å²) in [6.45, 7) is 4.23. The average Bonchev–Trinajstić information content (AvgIpc) is 3.25. The molecule has 0 spiro atoms. The number of carbonyl (C=O) groups is 1. The minimum atomic E-state index is -0.509. The smallest absolute Gasteiger partial charge is 0.336 e. The number of carbonyl (C=O) groups excluding carboxylic acids is 1. The maximum atomic E-state index is 13.3. The van der Waals surface area contributed by atoms with E-state index in [1.807, 2.05) is 50.2 Å². The van der Waals surface area contributed by atoms with Gasteiger partial charge in [0.25, 0.3) is 5.56 Å². The highest BCUT2D eigenvalue weighted by Gasteiger charge is 2.17. The third-order valence-electron chi connectivity index (χ3n) is 5.33. The van der Waals surface area contributed by atoms with E-state index >= 15 is 0 Å². The Morgan fingerprint density at radius 1 is 1.00 bits per heavy atom. The summed E-state index contributed by atoms with van der Waals surface area (Å²) in [6.07, 6.45) is 1.67. The molecule has 4 rings (SSSR count). The first-order chi connectivity index (χ1) is 15.4. The molecule has 0 radical (unpaired) electrons. The summed E-state index contributed by atoms with van der Waals surface area (Å²) in [4.78, 5) is 39.0. The average molecular weight is 448 g/mol. The van der Waals surface area contributed by atoms with Crippen LogP contribution in [0.2, 0.25) is 0 Å².